The van der Waals surface area contributed by atoms with Crippen LogP contribution in [0.5, 0.6) is 0 Å². The second-order valence-electron chi connectivity index (χ2n) is 6.04. The van der Waals surface area contributed by atoms with Crippen molar-refractivity contribution in [3.8, 4) is 22.6 Å². The lowest BCUT2D eigenvalue weighted by molar-refractivity contribution is 0.628. The topological polar surface area (TPSA) is 58.1 Å². The summed E-state index contributed by atoms with van der Waals surface area (Å²) in [6, 6.07) is 13.6. The number of aromatic amines is 1. The second kappa shape index (κ2) is 8.71. The van der Waals surface area contributed by atoms with Gasteiger partial charge in [0.25, 0.3) is 0 Å². The van der Waals surface area contributed by atoms with Crippen LogP contribution in [0, 0.1) is 5.82 Å². The summed E-state index contributed by atoms with van der Waals surface area (Å²) in [4.78, 5) is 12.6. The number of imidazole rings is 1. The van der Waals surface area contributed by atoms with Gasteiger partial charge in [0, 0.05) is 39.3 Å². The Kier molecular flexibility index (Phi) is 6.11. The first kappa shape index (κ1) is 19.6. The van der Waals surface area contributed by atoms with Gasteiger partial charge in [-0.1, -0.05) is 18.2 Å². The largest absolute Gasteiger partial charge is 0.337 e. The highest BCUT2D eigenvalue weighted by Crippen LogP contribution is 2.31. The average Bonchev–Trinajstić information content (AvgIpc) is 3.14. The van der Waals surface area contributed by atoms with Crippen molar-refractivity contribution in [3.05, 3.63) is 78.4 Å². The molecule has 0 saturated heterocycles. The van der Waals surface area contributed by atoms with Crippen molar-refractivity contribution in [2.24, 2.45) is 4.99 Å². The van der Waals surface area contributed by atoms with Crippen LogP contribution in [0.3, 0.4) is 0 Å². The van der Waals surface area contributed by atoms with E-state index in [0.29, 0.717) is 11.5 Å². The van der Waals surface area contributed by atoms with Crippen molar-refractivity contribution < 1.29 is 8.60 Å². The molecule has 0 amide bonds. The van der Waals surface area contributed by atoms with Gasteiger partial charge >= 0.3 is 0 Å². The molecular formula is C22H20FN3OS. The standard InChI is InChI=1S/C22H20FN3OS/c1-4-15(13-14-24-2)20-21(16-5-9-18(23)10-6-16)26-22(25-20)17-7-11-19(12-8-17)28(3)27/h4-14H,2H2,1,3H3,(H,25,26)/b14-13-,15-4+. The molecule has 0 aliphatic heterocycles. The summed E-state index contributed by atoms with van der Waals surface area (Å²) in [5, 5.41) is 0. The summed E-state index contributed by atoms with van der Waals surface area (Å²) in [5.74, 6) is 0.369. The summed E-state index contributed by atoms with van der Waals surface area (Å²) in [5.41, 5.74) is 4.05. The Hall–Kier alpha value is -3.12. The van der Waals surface area contributed by atoms with E-state index in [2.05, 4.69) is 16.7 Å². The van der Waals surface area contributed by atoms with Crippen molar-refractivity contribution in [1.82, 2.24) is 9.97 Å². The third-order valence-electron chi connectivity index (χ3n) is 4.24. The normalized spacial score (nSPS) is 13.0. The van der Waals surface area contributed by atoms with Crippen molar-refractivity contribution in [2.75, 3.05) is 6.26 Å². The maximum Gasteiger partial charge on any atom is 0.138 e. The Morgan fingerprint density at radius 2 is 1.79 bits per heavy atom. The number of hydrogen-bond acceptors (Lipinski definition) is 3. The first-order valence-electron chi connectivity index (χ1n) is 8.62. The van der Waals surface area contributed by atoms with Gasteiger partial charge in [-0.25, -0.2) is 9.37 Å². The van der Waals surface area contributed by atoms with Gasteiger partial charge in [-0.3, -0.25) is 9.20 Å². The molecule has 0 spiro atoms. The molecular weight excluding hydrogens is 373 g/mol. The highest BCUT2D eigenvalue weighted by atomic mass is 32.2. The predicted molar refractivity (Wildman–Crippen MR) is 114 cm³/mol. The van der Waals surface area contributed by atoms with E-state index in [1.54, 1.807) is 24.6 Å². The molecule has 0 radical (unpaired) electrons. The third-order valence-corrected chi connectivity index (χ3v) is 5.18. The van der Waals surface area contributed by atoms with Crippen LogP contribution in [0.15, 0.2) is 76.8 Å². The van der Waals surface area contributed by atoms with Crippen LogP contribution in [0.2, 0.25) is 0 Å². The summed E-state index contributed by atoms with van der Waals surface area (Å²) in [7, 11) is -1.04. The number of nitrogens with one attached hydrogen (secondary N) is 1. The maximum atomic E-state index is 13.4. The predicted octanol–water partition coefficient (Wildman–Crippen LogP) is 5.24. The minimum absolute atomic E-state index is 0.300. The molecule has 0 saturated carbocycles. The zero-order valence-electron chi connectivity index (χ0n) is 15.6. The highest BCUT2D eigenvalue weighted by Gasteiger charge is 2.16. The molecule has 1 atom stereocenters. The van der Waals surface area contributed by atoms with Crippen LogP contribution in [-0.4, -0.2) is 27.2 Å². The van der Waals surface area contributed by atoms with E-state index >= 15 is 0 Å². The van der Waals surface area contributed by atoms with Gasteiger partial charge in [0.15, 0.2) is 0 Å². The zero-order chi connectivity index (χ0) is 20.1. The van der Waals surface area contributed by atoms with Crippen molar-refractivity contribution in [1.29, 1.82) is 0 Å². The smallest absolute Gasteiger partial charge is 0.138 e. The Balaban J connectivity index is 2.14. The molecule has 0 aliphatic carbocycles. The fourth-order valence-corrected chi connectivity index (χ4v) is 3.32. The Labute approximate surface area is 166 Å². The molecule has 3 aromatic rings. The number of H-pyrrole nitrogens is 1. The molecule has 28 heavy (non-hydrogen) atoms. The molecule has 1 aromatic heterocycles. The summed E-state index contributed by atoms with van der Waals surface area (Å²) in [6.45, 7) is 5.39. The van der Waals surface area contributed by atoms with Crippen molar-refractivity contribution in [2.45, 2.75) is 11.8 Å². The van der Waals surface area contributed by atoms with E-state index in [9.17, 15) is 8.60 Å². The summed E-state index contributed by atoms with van der Waals surface area (Å²) in [6.07, 6.45) is 7.02. The fraction of sp³-hybridized carbons (Fsp3) is 0.0909. The molecule has 1 heterocycles. The summed E-state index contributed by atoms with van der Waals surface area (Å²) < 4.78 is 25.0. The molecule has 0 fully saturated rings. The number of aromatic nitrogens is 2. The van der Waals surface area contributed by atoms with Crippen molar-refractivity contribution >= 4 is 23.1 Å². The fourth-order valence-electron chi connectivity index (χ4n) is 2.80. The SMILES string of the molecule is C=N/C=C\C(=C/C)c1[nH]c(-c2ccc(S(C)=O)cc2)nc1-c1ccc(F)cc1. The Morgan fingerprint density at radius 1 is 1.14 bits per heavy atom. The Morgan fingerprint density at radius 3 is 2.36 bits per heavy atom. The second-order valence-corrected chi connectivity index (χ2v) is 7.42. The van der Waals surface area contributed by atoms with E-state index in [4.69, 9.17) is 4.98 Å². The van der Waals surface area contributed by atoms with Gasteiger partial charge in [-0.2, -0.15) is 0 Å². The minimum Gasteiger partial charge on any atom is -0.337 e. The molecule has 0 bridgehead atoms. The molecule has 1 N–H and O–H groups in total. The van der Waals surface area contributed by atoms with E-state index in [1.165, 1.54) is 12.1 Å². The molecule has 1 unspecified atom stereocenters. The number of aliphatic imine (C=N–C) groups is 1. The van der Waals surface area contributed by atoms with Crippen LogP contribution < -0.4 is 0 Å². The lowest BCUT2D eigenvalue weighted by Crippen LogP contribution is -1.88. The highest BCUT2D eigenvalue weighted by molar-refractivity contribution is 7.84. The van der Waals surface area contributed by atoms with Crippen LogP contribution in [0.25, 0.3) is 28.2 Å². The van der Waals surface area contributed by atoms with Gasteiger partial charge in [-0.15, -0.1) is 0 Å². The van der Waals surface area contributed by atoms with E-state index in [1.807, 2.05) is 43.3 Å². The van der Waals surface area contributed by atoms with Crippen LogP contribution in [0.4, 0.5) is 4.39 Å². The number of benzene rings is 2. The van der Waals surface area contributed by atoms with Crippen LogP contribution in [-0.2, 0) is 10.8 Å². The third kappa shape index (κ3) is 4.23. The van der Waals surface area contributed by atoms with Gasteiger partial charge in [0.05, 0.1) is 11.4 Å². The lowest BCUT2D eigenvalue weighted by Gasteiger charge is -2.03. The average molecular weight is 393 g/mol. The zero-order valence-corrected chi connectivity index (χ0v) is 16.5. The molecule has 2 aromatic carbocycles. The first-order chi connectivity index (χ1) is 13.5. The first-order valence-corrected chi connectivity index (χ1v) is 10.2. The van der Waals surface area contributed by atoms with E-state index < -0.39 is 10.8 Å². The number of hydrogen-bond donors (Lipinski definition) is 1. The monoisotopic (exact) mass is 393 g/mol. The summed E-state index contributed by atoms with van der Waals surface area (Å²) >= 11 is 0. The van der Waals surface area contributed by atoms with Gasteiger partial charge < -0.3 is 4.98 Å². The maximum absolute atomic E-state index is 13.4. The molecule has 4 nitrogen and oxygen atoms in total. The molecule has 3 rings (SSSR count). The molecule has 6 heteroatoms. The van der Waals surface area contributed by atoms with E-state index in [-0.39, 0.29) is 5.82 Å². The number of halogens is 1. The van der Waals surface area contributed by atoms with Crippen LogP contribution in [0.1, 0.15) is 12.6 Å². The van der Waals surface area contributed by atoms with E-state index in [0.717, 1.165) is 27.3 Å². The number of nitrogens with zero attached hydrogens (tertiary/aromatic N) is 2. The number of rotatable bonds is 6. The number of allylic oxidation sites excluding steroid dienone is 3. The minimum atomic E-state index is -1.04. The van der Waals surface area contributed by atoms with Gasteiger partial charge in [0.2, 0.25) is 0 Å². The quantitative estimate of drug-likeness (QED) is 0.460. The van der Waals surface area contributed by atoms with Gasteiger partial charge in [0.1, 0.15) is 11.6 Å². The Bertz CT molecular complexity index is 1060. The lowest BCUT2D eigenvalue weighted by atomic mass is 10.0. The van der Waals surface area contributed by atoms with Gasteiger partial charge in [-0.05, 0) is 61.7 Å². The molecule has 142 valence electrons. The van der Waals surface area contributed by atoms with Crippen LogP contribution >= 0.6 is 0 Å². The van der Waals surface area contributed by atoms with Crippen molar-refractivity contribution in [3.63, 3.8) is 0 Å². The molecule has 0 aliphatic rings.